The number of nitrogens with one attached hydrogen (secondary N) is 1. The lowest BCUT2D eigenvalue weighted by Gasteiger charge is -2.39. The van der Waals surface area contributed by atoms with Crippen LogP contribution in [0, 0.1) is 0 Å². The van der Waals surface area contributed by atoms with Crippen LogP contribution in [0.4, 0.5) is 0 Å². The van der Waals surface area contributed by atoms with Crippen LogP contribution in [0.2, 0.25) is 5.02 Å². The molecule has 0 amide bonds. The zero-order valence-electron chi connectivity index (χ0n) is 14.1. The van der Waals surface area contributed by atoms with Gasteiger partial charge in [0, 0.05) is 23.7 Å². The topological polar surface area (TPSA) is 55.4 Å². The largest absolute Gasteiger partial charge is 0.374 e. The zero-order valence-corrected chi connectivity index (χ0v) is 15.7. The third-order valence-electron chi connectivity index (χ3n) is 5.13. The molecule has 134 valence electrons. The summed E-state index contributed by atoms with van der Waals surface area (Å²) < 4.78 is 29.7. The molecule has 2 fully saturated rings. The minimum absolute atomic E-state index is 0.178. The summed E-state index contributed by atoms with van der Waals surface area (Å²) in [6.07, 6.45) is 4.47. The lowest BCUT2D eigenvalue weighted by atomic mass is 9.88. The number of sulfone groups is 1. The highest BCUT2D eigenvalue weighted by Gasteiger charge is 2.46. The molecular weight excluding hydrogens is 346 g/mol. The van der Waals surface area contributed by atoms with Crippen LogP contribution in [0.1, 0.15) is 50.6 Å². The van der Waals surface area contributed by atoms with Crippen molar-refractivity contribution < 1.29 is 13.2 Å². The fourth-order valence-electron chi connectivity index (χ4n) is 3.95. The molecule has 2 aliphatic rings. The van der Waals surface area contributed by atoms with Gasteiger partial charge in [0.1, 0.15) is 0 Å². The molecule has 0 aliphatic carbocycles. The van der Waals surface area contributed by atoms with E-state index in [1.807, 2.05) is 12.1 Å². The van der Waals surface area contributed by atoms with Gasteiger partial charge in [-0.2, -0.15) is 0 Å². The number of benzene rings is 1. The Hall–Kier alpha value is -0.620. The number of ether oxygens (including phenoxy) is 1. The highest BCUT2D eigenvalue weighted by Crippen LogP contribution is 2.36. The highest BCUT2D eigenvalue weighted by molar-refractivity contribution is 7.91. The second-order valence-corrected chi connectivity index (χ2v) is 9.74. The van der Waals surface area contributed by atoms with Gasteiger partial charge in [-0.15, -0.1) is 0 Å². The predicted molar refractivity (Wildman–Crippen MR) is 97.2 cm³/mol. The monoisotopic (exact) mass is 371 g/mol. The summed E-state index contributed by atoms with van der Waals surface area (Å²) in [4.78, 5) is 0. The van der Waals surface area contributed by atoms with Crippen LogP contribution in [-0.2, 0) is 14.6 Å². The molecule has 0 aromatic heterocycles. The SMILES string of the molecule is CCC[C@H](N[C@H]1CCO[C@]2(CCS(=O)(=O)C2)C1)c1ccc(Cl)cc1. The van der Waals surface area contributed by atoms with Gasteiger partial charge in [0.05, 0.1) is 17.1 Å². The molecule has 2 heterocycles. The first-order valence-electron chi connectivity index (χ1n) is 8.77. The summed E-state index contributed by atoms with van der Waals surface area (Å²) in [6.45, 7) is 2.81. The molecule has 0 unspecified atom stereocenters. The lowest BCUT2D eigenvalue weighted by Crippen LogP contribution is -2.48. The fourth-order valence-corrected chi connectivity index (χ4v) is 6.05. The van der Waals surface area contributed by atoms with Gasteiger partial charge in [0.25, 0.3) is 0 Å². The summed E-state index contributed by atoms with van der Waals surface area (Å²) >= 11 is 6.00. The van der Waals surface area contributed by atoms with Gasteiger partial charge in [-0.1, -0.05) is 37.1 Å². The van der Waals surface area contributed by atoms with Crippen molar-refractivity contribution in [3.05, 3.63) is 34.9 Å². The second kappa shape index (κ2) is 7.32. The Morgan fingerprint density at radius 1 is 1.38 bits per heavy atom. The van der Waals surface area contributed by atoms with E-state index in [-0.39, 0.29) is 17.5 Å². The zero-order chi connectivity index (χ0) is 17.2. The Labute approximate surface area is 149 Å². The Bertz CT molecular complexity index is 661. The van der Waals surface area contributed by atoms with E-state index < -0.39 is 15.4 Å². The standard InChI is InChI=1S/C18H26ClNO3S/c1-2-3-17(14-4-6-15(19)7-5-14)20-16-8-10-23-18(12-16)9-11-24(21,22)13-18/h4-7,16-17,20H,2-3,8-13H2,1H3/t16-,17-,18+/m0/s1. The second-order valence-electron chi connectivity index (χ2n) is 7.12. The van der Waals surface area contributed by atoms with E-state index in [4.69, 9.17) is 16.3 Å². The molecule has 3 rings (SSSR count). The first-order valence-corrected chi connectivity index (χ1v) is 11.0. The van der Waals surface area contributed by atoms with Gasteiger partial charge in [-0.25, -0.2) is 8.42 Å². The van der Waals surface area contributed by atoms with E-state index in [0.29, 0.717) is 19.1 Å². The first-order chi connectivity index (χ1) is 11.4. The Morgan fingerprint density at radius 3 is 2.75 bits per heavy atom. The molecule has 24 heavy (non-hydrogen) atoms. The van der Waals surface area contributed by atoms with Crippen molar-refractivity contribution in [3.8, 4) is 0 Å². The van der Waals surface area contributed by atoms with Gasteiger partial charge < -0.3 is 10.1 Å². The van der Waals surface area contributed by atoms with Crippen LogP contribution in [0.25, 0.3) is 0 Å². The average molecular weight is 372 g/mol. The fraction of sp³-hybridized carbons (Fsp3) is 0.667. The molecule has 6 heteroatoms. The maximum atomic E-state index is 11.9. The van der Waals surface area contributed by atoms with Crippen LogP contribution in [0.15, 0.2) is 24.3 Å². The van der Waals surface area contributed by atoms with Crippen molar-refractivity contribution in [2.24, 2.45) is 0 Å². The number of halogens is 1. The summed E-state index contributed by atoms with van der Waals surface area (Å²) in [5.41, 5.74) is 0.770. The van der Waals surface area contributed by atoms with Gasteiger partial charge in [0.15, 0.2) is 9.84 Å². The Morgan fingerprint density at radius 2 is 2.12 bits per heavy atom. The smallest absolute Gasteiger partial charge is 0.153 e. The summed E-state index contributed by atoms with van der Waals surface area (Å²) in [7, 11) is -2.94. The molecule has 0 bridgehead atoms. The number of hydrogen-bond acceptors (Lipinski definition) is 4. The molecule has 0 radical (unpaired) electrons. The summed E-state index contributed by atoms with van der Waals surface area (Å²) in [6, 6.07) is 8.56. The van der Waals surface area contributed by atoms with E-state index in [2.05, 4.69) is 24.4 Å². The first kappa shape index (κ1) is 18.2. The average Bonchev–Trinajstić information content (AvgIpc) is 2.82. The number of rotatable bonds is 5. The number of hydrogen-bond donors (Lipinski definition) is 1. The van der Waals surface area contributed by atoms with Crippen molar-refractivity contribution in [1.29, 1.82) is 0 Å². The maximum absolute atomic E-state index is 11.9. The predicted octanol–water partition coefficient (Wildman–Crippen LogP) is 3.51. The van der Waals surface area contributed by atoms with Gasteiger partial charge >= 0.3 is 0 Å². The normalized spacial score (nSPS) is 30.5. The van der Waals surface area contributed by atoms with Crippen LogP contribution >= 0.6 is 11.6 Å². The van der Waals surface area contributed by atoms with Gasteiger partial charge in [0.2, 0.25) is 0 Å². The molecule has 2 saturated heterocycles. The molecule has 2 aliphatic heterocycles. The molecule has 3 atom stereocenters. The third kappa shape index (κ3) is 4.31. The highest BCUT2D eigenvalue weighted by atomic mass is 35.5. The van der Waals surface area contributed by atoms with E-state index >= 15 is 0 Å². The van der Waals surface area contributed by atoms with Gasteiger partial charge in [-0.05, 0) is 43.4 Å². The molecule has 1 aromatic rings. The summed E-state index contributed by atoms with van der Waals surface area (Å²) in [5, 5.41) is 4.50. The van der Waals surface area contributed by atoms with Crippen molar-refractivity contribution >= 4 is 21.4 Å². The lowest BCUT2D eigenvalue weighted by molar-refractivity contribution is -0.0718. The molecule has 4 nitrogen and oxygen atoms in total. The molecular formula is C18H26ClNO3S. The van der Waals surface area contributed by atoms with Crippen molar-refractivity contribution in [2.75, 3.05) is 18.1 Å². The third-order valence-corrected chi connectivity index (χ3v) is 7.18. The molecule has 0 saturated carbocycles. The van der Waals surface area contributed by atoms with E-state index in [9.17, 15) is 8.42 Å². The summed E-state index contributed by atoms with van der Waals surface area (Å²) in [5.74, 6) is 0.437. The minimum atomic E-state index is -2.94. The molecule has 1 aromatic carbocycles. The van der Waals surface area contributed by atoms with Crippen LogP contribution in [0.3, 0.4) is 0 Å². The van der Waals surface area contributed by atoms with Gasteiger partial charge in [-0.3, -0.25) is 0 Å². The van der Waals surface area contributed by atoms with Crippen LogP contribution in [0.5, 0.6) is 0 Å². The quantitative estimate of drug-likeness (QED) is 0.860. The van der Waals surface area contributed by atoms with Crippen LogP contribution < -0.4 is 5.32 Å². The minimum Gasteiger partial charge on any atom is -0.374 e. The maximum Gasteiger partial charge on any atom is 0.153 e. The Kier molecular flexibility index (Phi) is 5.55. The molecule has 1 N–H and O–H groups in total. The van der Waals surface area contributed by atoms with Crippen molar-refractivity contribution in [3.63, 3.8) is 0 Å². The van der Waals surface area contributed by atoms with Crippen LogP contribution in [-0.4, -0.2) is 38.2 Å². The van der Waals surface area contributed by atoms with E-state index in [1.54, 1.807) is 0 Å². The van der Waals surface area contributed by atoms with E-state index in [0.717, 1.165) is 30.7 Å². The molecule has 1 spiro atoms. The van der Waals surface area contributed by atoms with Crippen molar-refractivity contribution in [2.45, 2.75) is 56.7 Å². The van der Waals surface area contributed by atoms with Crippen molar-refractivity contribution in [1.82, 2.24) is 5.32 Å². The Balaban J connectivity index is 1.69. The van der Waals surface area contributed by atoms with E-state index in [1.165, 1.54) is 5.56 Å².